The highest BCUT2D eigenvalue weighted by molar-refractivity contribution is 5.80. The van der Waals surface area contributed by atoms with E-state index in [0.717, 1.165) is 11.6 Å². The van der Waals surface area contributed by atoms with Crippen LogP contribution in [0.25, 0.3) is 0 Å². The largest absolute Gasteiger partial charge is 0.478 e. The number of carbonyl (C=O) groups is 2. The number of hydrogen-bond acceptors (Lipinski definition) is 13. The number of nitrogens with one attached hydrogen (secondary N) is 1. The minimum absolute atomic E-state index is 0.00628. The van der Waals surface area contributed by atoms with Crippen LogP contribution >= 0.6 is 0 Å². The van der Waals surface area contributed by atoms with Crippen LogP contribution in [-0.2, 0) is 38.0 Å². The predicted molar refractivity (Wildman–Crippen MR) is 215 cm³/mol. The van der Waals surface area contributed by atoms with Crippen molar-refractivity contribution < 1.29 is 68.6 Å². The summed E-state index contributed by atoms with van der Waals surface area (Å²) in [6.45, 7) is 10.2. The van der Waals surface area contributed by atoms with Crippen molar-refractivity contribution in [3.8, 4) is 0 Å². The SMILES string of the molecule is CC=CC=CC1OC(O)(C(COC2CC(OC)OC(C)C2O)C(=O)NCC=CC=C(C)C(OC)C(C)C2CC(O)C(C=CC=CC=CC(=O)O)O2)C(O)C(O)C1(C)C. The summed E-state index contributed by atoms with van der Waals surface area (Å²) in [4.78, 5) is 24.5. The van der Waals surface area contributed by atoms with Crippen molar-refractivity contribution in [1.29, 1.82) is 0 Å². The summed E-state index contributed by atoms with van der Waals surface area (Å²) in [7, 11) is 3.05. The van der Waals surface area contributed by atoms with Gasteiger partial charge in [-0.3, -0.25) is 4.79 Å². The minimum atomic E-state index is -2.60. The lowest BCUT2D eigenvalue weighted by Gasteiger charge is -2.53. The van der Waals surface area contributed by atoms with E-state index >= 15 is 0 Å². The highest BCUT2D eigenvalue weighted by Crippen LogP contribution is 2.44. The molecule has 3 heterocycles. The zero-order valence-electron chi connectivity index (χ0n) is 34.8. The van der Waals surface area contributed by atoms with Gasteiger partial charge in [-0.15, -0.1) is 0 Å². The van der Waals surface area contributed by atoms with Crippen LogP contribution in [0.4, 0.5) is 0 Å². The number of hydrogen-bond donors (Lipinski definition) is 7. The first-order valence-electron chi connectivity index (χ1n) is 19.7. The van der Waals surface area contributed by atoms with Crippen LogP contribution in [0.2, 0.25) is 0 Å². The van der Waals surface area contributed by atoms with E-state index in [1.54, 1.807) is 88.6 Å². The number of carboxylic acid groups (broad SMARTS) is 1. The molecule has 0 aromatic rings. The quantitative estimate of drug-likeness (QED) is 0.0736. The molecule has 7 N–H and O–H groups in total. The number of aliphatic hydroxyl groups is 5. The van der Waals surface area contributed by atoms with Gasteiger partial charge in [0.25, 0.3) is 0 Å². The summed E-state index contributed by atoms with van der Waals surface area (Å²) in [6, 6.07) is 0. The van der Waals surface area contributed by atoms with Gasteiger partial charge in [0.1, 0.15) is 24.2 Å². The van der Waals surface area contributed by atoms with Gasteiger partial charge >= 0.3 is 5.97 Å². The van der Waals surface area contributed by atoms with E-state index in [2.05, 4.69) is 5.32 Å². The van der Waals surface area contributed by atoms with Crippen LogP contribution in [0.3, 0.4) is 0 Å². The molecule has 3 fully saturated rings. The zero-order chi connectivity index (χ0) is 43.2. The van der Waals surface area contributed by atoms with Gasteiger partial charge in [0.05, 0.1) is 49.3 Å². The fraction of sp³-hybridized carbons (Fsp3) is 0.628. The molecule has 1 amide bonds. The lowest BCUT2D eigenvalue weighted by atomic mass is 9.71. The molecular weight excluding hydrogens is 754 g/mol. The fourth-order valence-corrected chi connectivity index (χ4v) is 7.35. The van der Waals surface area contributed by atoms with Crippen LogP contribution in [0.15, 0.2) is 84.6 Å². The first-order chi connectivity index (χ1) is 27.4. The van der Waals surface area contributed by atoms with Crippen molar-refractivity contribution in [3.05, 3.63) is 84.6 Å². The normalized spacial score (nSPS) is 35.2. The average molecular weight is 820 g/mol. The third-order valence-electron chi connectivity index (χ3n) is 11.0. The molecule has 15 nitrogen and oxygen atoms in total. The summed E-state index contributed by atoms with van der Waals surface area (Å²) < 4.78 is 35.1. The summed E-state index contributed by atoms with van der Waals surface area (Å²) in [5.74, 6) is -6.09. The Labute approximate surface area is 342 Å². The molecule has 3 aliphatic rings. The van der Waals surface area contributed by atoms with E-state index in [1.807, 2.05) is 26.8 Å². The Morgan fingerprint density at radius 3 is 2.29 bits per heavy atom. The summed E-state index contributed by atoms with van der Waals surface area (Å²) in [5.41, 5.74) is -0.202. The van der Waals surface area contributed by atoms with Crippen LogP contribution in [0.1, 0.15) is 54.4 Å². The number of rotatable bonds is 19. The maximum atomic E-state index is 13.9. The molecule has 0 radical (unpaired) electrons. The Kier molecular flexibility index (Phi) is 19.4. The monoisotopic (exact) mass is 819 g/mol. The Hall–Kier alpha value is -3.32. The van der Waals surface area contributed by atoms with Gasteiger partial charge < -0.3 is 64.4 Å². The number of methoxy groups -OCH3 is 2. The molecule has 3 rings (SSSR count). The highest BCUT2D eigenvalue weighted by atomic mass is 16.7. The lowest BCUT2D eigenvalue weighted by molar-refractivity contribution is -0.364. The van der Waals surface area contributed by atoms with Crippen molar-refractivity contribution >= 4 is 11.9 Å². The maximum Gasteiger partial charge on any atom is 0.328 e. The second kappa shape index (κ2) is 22.9. The van der Waals surface area contributed by atoms with Gasteiger partial charge in [0, 0.05) is 51.0 Å². The Bertz CT molecular complexity index is 1540. The molecule has 58 heavy (non-hydrogen) atoms. The van der Waals surface area contributed by atoms with E-state index < -0.39 is 90.7 Å². The topological polar surface area (TPSA) is 223 Å². The van der Waals surface area contributed by atoms with Crippen LogP contribution in [0, 0.1) is 17.3 Å². The minimum Gasteiger partial charge on any atom is -0.478 e. The highest BCUT2D eigenvalue weighted by Gasteiger charge is 2.61. The summed E-state index contributed by atoms with van der Waals surface area (Å²) >= 11 is 0. The molecule has 3 aliphatic heterocycles. The van der Waals surface area contributed by atoms with E-state index in [1.165, 1.54) is 13.2 Å². The van der Waals surface area contributed by atoms with Crippen molar-refractivity contribution in [2.45, 2.75) is 128 Å². The summed E-state index contributed by atoms with van der Waals surface area (Å²) in [6.07, 6.45) is 12.1. The van der Waals surface area contributed by atoms with Gasteiger partial charge in [-0.05, 0) is 26.3 Å². The fourth-order valence-electron chi connectivity index (χ4n) is 7.35. The zero-order valence-corrected chi connectivity index (χ0v) is 34.8. The van der Waals surface area contributed by atoms with E-state index in [4.69, 9.17) is 33.5 Å². The number of aliphatic hydroxyl groups excluding tert-OH is 4. The number of amides is 1. The molecule has 15 heteroatoms. The Balaban J connectivity index is 1.74. The lowest BCUT2D eigenvalue weighted by Crippen LogP contribution is -2.70. The summed E-state index contributed by atoms with van der Waals surface area (Å²) in [5, 5.41) is 67.6. The number of ether oxygens (including phenoxy) is 6. The second-order valence-electron chi connectivity index (χ2n) is 15.6. The second-order valence-corrected chi connectivity index (χ2v) is 15.6. The number of aliphatic carboxylic acids is 1. The molecule has 14 unspecified atom stereocenters. The first-order valence-corrected chi connectivity index (χ1v) is 19.7. The van der Waals surface area contributed by atoms with E-state index in [-0.39, 0.29) is 31.1 Å². The van der Waals surface area contributed by atoms with E-state index in [0.29, 0.717) is 6.42 Å². The van der Waals surface area contributed by atoms with Crippen LogP contribution < -0.4 is 5.32 Å². The predicted octanol–water partition coefficient (Wildman–Crippen LogP) is 2.64. The van der Waals surface area contributed by atoms with Gasteiger partial charge in [0.2, 0.25) is 11.7 Å². The smallest absolute Gasteiger partial charge is 0.328 e. The Morgan fingerprint density at radius 2 is 1.64 bits per heavy atom. The Morgan fingerprint density at radius 1 is 0.948 bits per heavy atom. The third kappa shape index (κ3) is 12.8. The third-order valence-corrected chi connectivity index (χ3v) is 11.0. The van der Waals surface area contributed by atoms with Crippen molar-refractivity contribution in [2.75, 3.05) is 27.4 Å². The number of carboxylic acids is 1. The molecule has 0 aliphatic carbocycles. The van der Waals surface area contributed by atoms with Gasteiger partial charge in [0.15, 0.2) is 6.29 Å². The molecule has 3 saturated heterocycles. The molecule has 0 bridgehead atoms. The molecular formula is C43H65NO14. The van der Waals surface area contributed by atoms with Gasteiger partial charge in [-0.2, -0.15) is 0 Å². The van der Waals surface area contributed by atoms with E-state index in [9.17, 15) is 35.1 Å². The standard InChI is InChI=1S/C43H65NO14/c1-9-10-13-20-34-42(5,6)39(49)40(50)43(52,58-34)29(25-55-33-24-36(53-7)56-28(4)37(33)48)41(51)44-22-17-16-18-26(2)38(54-8)27(3)32-23-30(45)31(57-32)19-14-11-12-15-21-35(46)47/h9-21,27-34,36-40,45,48-50,52H,22-25H2,1-8H3,(H,44,51)(H,46,47). The van der Waals surface area contributed by atoms with Crippen LogP contribution in [-0.4, -0.2) is 143 Å². The van der Waals surface area contributed by atoms with Gasteiger partial charge in [-0.25, -0.2) is 4.79 Å². The maximum absolute atomic E-state index is 13.9. The molecule has 0 spiro atoms. The van der Waals surface area contributed by atoms with Crippen molar-refractivity contribution in [2.24, 2.45) is 17.3 Å². The van der Waals surface area contributed by atoms with Crippen molar-refractivity contribution in [3.63, 3.8) is 0 Å². The van der Waals surface area contributed by atoms with Crippen molar-refractivity contribution in [1.82, 2.24) is 5.32 Å². The average Bonchev–Trinajstić information content (AvgIpc) is 3.55. The molecule has 0 aromatic carbocycles. The molecule has 14 atom stereocenters. The molecule has 0 saturated carbocycles. The molecule has 326 valence electrons. The first kappa shape index (κ1) is 49.0. The molecule has 0 aromatic heterocycles. The van der Waals surface area contributed by atoms with Gasteiger partial charge in [-0.1, -0.05) is 93.7 Å². The van der Waals surface area contributed by atoms with Crippen LogP contribution in [0.5, 0.6) is 0 Å². The number of allylic oxidation sites excluding steroid dienone is 9. The number of carbonyl (C=O) groups excluding carboxylic acids is 1.